The van der Waals surface area contributed by atoms with Gasteiger partial charge in [0.15, 0.2) is 5.01 Å². The molecular weight excluding hydrogens is 364 g/mol. The second kappa shape index (κ2) is 7.50. The first-order valence-corrected chi connectivity index (χ1v) is 9.49. The molecule has 0 spiro atoms. The van der Waals surface area contributed by atoms with Crippen LogP contribution in [-0.4, -0.2) is 59.9 Å². The van der Waals surface area contributed by atoms with Crippen molar-refractivity contribution >= 4 is 17.2 Å². The number of methoxy groups -OCH3 is 1. The number of aromatic amines is 1. The van der Waals surface area contributed by atoms with Gasteiger partial charge in [-0.15, -0.1) is 11.3 Å². The summed E-state index contributed by atoms with van der Waals surface area (Å²) in [5.74, 6) is 0.701. The highest BCUT2D eigenvalue weighted by Gasteiger charge is 2.24. The number of hydrogen-bond acceptors (Lipinski definition) is 6. The molecule has 0 aliphatic carbocycles. The van der Waals surface area contributed by atoms with Crippen LogP contribution in [0.3, 0.4) is 0 Å². The third kappa shape index (κ3) is 3.45. The third-order valence-electron chi connectivity index (χ3n) is 4.51. The lowest BCUT2D eigenvalue weighted by Crippen LogP contribution is -2.29. The predicted octanol–water partition coefficient (Wildman–Crippen LogP) is 2.85. The highest BCUT2D eigenvalue weighted by molar-refractivity contribution is 7.14. The van der Waals surface area contributed by atoms with Gasteiger partial charge in [-0.25, -0.2) is 4.98 Å². The number of rotatable bonds is 5. The number of nitrogens with zero attached hydrogens (tertiary/aromatic N) is 3. The highest BCUT2D eigenvalue weighted by atomic mass is 32.1. The smallest absolute Gasteiger partial charge is 0.282 e. The first-order chi connectivity index (χ1) is 13.2. The summed E-state index contributed by atoms with van der Waals surface area (Å²) in [5.41, 5.74) is 3.79. The van der Waals surface area contributed by atoms with Crippen molar-refractivity contribution in [2.45, 2.75) is 6.42 Å². The Morgan fingerprint density at radius 2 is 2.30 bits per heavy atom. The molecule has 1 aliphatic heterocycles. The number of aromatic nitrogens is 3. The Labute approximate surface area is 161 Å². The van der Waals surface area contributed by atoms with E-state index in [-0.39, 0.29) is 5.91 Å². The minimum atomic E-state index is -0.0809. The maximum atomic E-state index is 12.7. The van der Waals surface area contributed by atoms with E-state index in [1.54, 1.807) is 25.3 Å². The molecule has 0 fully saturated rings. The number of amides is 1. The summed E-state index contributed by atoms with van der Waals surface area (Å²) < 4.78 is 11.0. The normalized spacial score (nSPS) is 12.7. The number of nitrogens with one attached hydrogen (secondary N) is 1. The summed E-state index contributed by atoms with van der Waals surface area (Å²) in [4.78, 5) is 20.0. The maximum absolute atomic E-state index is 12.7. The van der Waals surface area contributed by atoms with Crippen molar-refractivity contribution in [3.63, 3.8) is 0 Å². The molecule has 1 aliphatic rings. The first-order valence-electron chi connectivity index (χ1n) is 8.68. The van der Waals surface area contributed by atoms with Gasteiger partial charge in [0.05, 0.1) is 25.1 Å². The molecule has 140 valence electrons. The minimum Gasteiger partial charge on any atom is -0.492 e. The molecule has 0 saturated heterocycles. The van der Waals surface area contributed by atoms with Crippen LogP contribution >= 0.6 is 11.3 Å². The lowest BCUT2D eigenvalue weighted by atomic mass is 10.0. The zero-order chi connectivity index (χ0) is 18.8. The molecule has 1 amide bonds. The van der Waals surface area contributed by atoms with Gasteiger partial charge in [0.25, 0.3) is 5.91 Å². The highest BCUT2D eigenvalue weighted by Crippen LogP contribution is 2.39. The number of thiazole rings is 1. The Balaban J connectivity index is 1.67. The van der Waals surface area contributed by atoms with Crippen LogP contribution in [0.25, 0.3) is 22.4 Å². The largest absolute Gasteiger partial charge is 0.492 e. The molecule has 0 radical (unpaired) electrons. The van der Waals surface area contributed by atoms with Crippen LogP contribution in [0.2, 0.25) is 0 Å². The second-order valence-electron chi connectivity index (χ2n) is 6.31. The molecule has 3 aromatic rings. The fraction of sp³-hybridized carbons (Fsp3) is 0.316. The second-order valence-corrected chi connectivity index (χ2v) is 7.39. The monoisotopic (exact) mass is 384 g/mol. The molecule has 27 heavy (non-hydrogen) atoms. The summed E-state index contributed by atoms with van der Waals surface area (Å²) in [7, 11) is 3.39. The molecule has 4 rings (SSSR count). The van der Waals surface area contributed by atoms with Crippen LogP contribution in [0.15, 0.2) is 30.6 Å². The molecule has 0 atom stereocenters. The summed E-state index contributed by atoms with van der Waals surface area (Å²) in [6.07, 6.45) is 4.36. The van der Waals surface area contributed by atoms with Gasteiger partial charge in [0.2, 0.25) is 0 Å². The Morgan fingerprint density at radius 1 is 1.41 bits per heavy atom. The maximum Gasteiger partial charge on any atom is 0.282 e. The Hall–Kier alpha value is -2.71. The molecule has 2 aromatic heterocycles. The predicted molar refractivity (Wildman–Crippen MR) is 103 cm³/mol. The zero-order valence-corrected chi connectivity index (χ0v) is 16.0. The van der Waals surface area contributed by atoms with E-state index < -0.39 is 0 Å². The Morgan fingerprint density at radius 3 is 3.07 bits per heavy atom. The summed E-state index contributed by atoms with van der Waals surface area (Å²) >= 11 is 1.45. The van der Waals surface area contributed by atoms with Gasteiger partial charge in [-0.1, -0.05) is 6.07 Å². The van der Waals surface area contributed by atoms with Gasteiger partial charge in [-0.3, -0.25) is 9.89 Å². The number of carbonyl (C=O) groups excluding carboxylic acids is 1. The van der Waals surface area contributed by atoms with Crippen molar-refractivity contribution in [3.8, 4) is 28.1 Å². The molecule has 0 unspecified atom stereocenters. The molecule has 1 N–H and O–H groups in total. The lowest BCUT2D eigenvalue weighted by Gasteiger charge is -2.14. The molecule has 8 heteroatoms. The van der Waals surface area contributed by atoms with Crippen LogP contribution in [0.4, 0.5) is 0 Å². The van der Waals surface area contributed by atoms with Gasteiger partial charge in [0.1, 0.15) is 5.75 Å². The fourth-order valence-corrected chi connectivity index (χ4v) is 4.05. The van der Waals surface area contributed by atoms with Crippen molar-refractivity contribution in [2.75, 3.05) is 33.9 Å². The summed E-state index contributed by atoms with van der Waals surface area (Å²) in [6, 6.07) is 6.03. The molecule has 1 aromatic carbocycles. The van der Waals surface area contributed by atoms with Gasteiger partial charge in [0, 0.05) is 49.3 Å². The number of likely N-dealkylation sites (N-methyl/N-ethyl adjacent to an activating group) is 1. The molecule has 0 saturated carbocycles. The van der Waals surface area contributed by atoms with Crippen LogP contribution < -0.4 is 4.74 Å². The van der Waals surface area contributed by atoms with Gasteiger partial charge >= 0.3 is 0 Å². The van der Waals surface area contributed by atoms with Crippen molar-refractivity contribution in [1.82, 2.24) is 20.1 Å². The number of hydrogen-bond donors (Lipinski definition) is 1. The molecular formula is C19H20N4O3S. The number of benzene rings is 1. The van der Waals surface area contributed by atoms with E-state index >= 15 is 0 Å². The van der Waals surface area contributed by atoms with E-state index in [0.29, 0.717) is 24.8 Å². The van der Waals surface area contributed by atoms with E-state index in [2.05, 4.69) is 15.2 Å². The van der Waals surface area contributed by atoms with E-state index in [4.69, 9.17) is 9.47 Å². The quantitative estimate of drug-likeness (QED) is 0.732. The summed E-state index contributed by atoms with van der Waals surface area (Å²) in [5, 5.41) is 7.33. The van der Waals surface area contributed by atoms with Gasteiger partial charge in [-0.05, 0) is 17.7 Å². The minimum absolute atomic E-state index is 0.0809. The average Bonchev–Trinajstić information content (AvgIpc) is 3.33. The summed E-state index contributed by atoms with van der Waals surface area (Å²) in [6.45, 7) is 1.60. The fourth-order valence-electron chi connectivity index (χ4n) is 3.00. The zero-order valence-electron chi connectivity index (χ0n) is 15.2. The van der Waals surface area contributed by atoms with E-state index in [0.717, 1.165) is 39.4 Å². The van der Waals surface area contributed by atoms with E-state index in [1.807, 2.05) is 24.4 Å². The molecule has 3 heterocycles. The molecule has 7 nitrogen and oxygen atoms in total. The number of ether oxygens (including phenoxy) is 2. The van der Waals surface area contributed by atoms with Crippen LogP contribution in [0, 0.1) is 0 Å². The third-order valence-corrected chi connectivity index (χ3v) is 5.62. The number of fused-ring (bicyclic) bond motifs is 3. The Kier molecular flexibility index (Phi) is 4.91. The number of carbonyl (C=O) groups is 1. The number of H-pyrrole nitrogens is 1. The van der Waals surface area contributed by atoms with Gasteiger partial charge < -0.3 is 14.4 Å². The average molecular weight is 384 g/mol. The van der Waals surface area contributed by atoms with E-state index in [1.165, 1.54) is 11.3 Å². The van der Waals surface area contributed by atoms with Crippen LogP contribution in [0.1, 0.15) is 14.7 Å². The van der Waals surface area contributed by atoms with Crippen molar-refractivity contribution in [1.29, 1.82) is 0 Å². The molecule has 0 bridgehead atoms. The van der Waals surface area contributed by atoms with Crippen LogP contribution in [-0.2, 0) is 11.2 Å². The van der Waals surface area contributed by atoms with Crippen molar-refractivity contribution in [2.24, 2.45) is 0 Å². The Bertz CT molecular complexity index is 952. The van der Waals surface area contributed by atoms with E-state index in [9.17, 15) is 4.79 Å². The standard InChI is InChI=1S/C19H20N4O3S/c1-23(6-8-25-2)19(24)18-22-17-14-4-3-12(13-10-20-21-11-13)9-15(14)26-7-5-16(17)27-18/h3-4,9-11H,5-8H2,1-2H3,(H,20,21). The first kappa shape index (κ1) is 17.7. The van der Waals surface area contributed by atoms with Gasteiger partial charge in [-0.2, -0.15) is 5.10 Å². The van der Waals surface area contributed by atoms with Crippen molar-refractivity contribution < 1.29 is 14.3 Å². The lowest BCUT2D eigenvalue weighted by molar-refractivity contribution is 0.0744. The van der Waals surface area contributed by atoms with Crippen LogP contribution in [0.5, 0.6) is 5.75 Å². The van der Waals surface area contributed by atoms with Crippen molar-refractivity contribution in [3.05, 3.63) is 40.5 Å². The SMILES string of the molecule is COCCN(C)C(=O)c1nc2c(s1)CCOc1cc(-c3cn[nH]c3)ccc1-2. The topological polar surface area (TPSA) is 80.3 Å².